The van der Waals surface area contributed by atoms with Gasteiger partial charge in [-0.1, -0.05) is 121 Å². The minimum atomic E-state index is -0.0717. The van der Waals surface area contributed by atoms with E-state index in [2.05, 4.69) is 191 Å². The van der Waals surface area contributed by atoms with Gasteiger partial charge in [0.2, 0.25) is 0 Å². The van der Waals surface area contributed by atoms with Crippen molar-refractivity contribution in [3.05, 3.63) is 251 Å². The molecule has 8 heteroatoms. The predicted octanol–water partition coefficient (Wildman–Crippen LogP) is 12.1. The zero-order valence-electron chi connectivity index (χ0n) is 36.4. The van der Waals surface area contributed by atoms with E-state index in [1.165, 1.54) is 11.1 Å². The lowest BCUT2D eigenvalue weighted by Gasteiger charge is -2.22. The number of H-pyrrole nitrogens is 2. The summed E-state index contributed by atoms with van der Waals surface area (Å²) in [5, 5.41) is 10.2. The summed E-state index contributed by atoms with van der Waals surface area (Å²) in [4.78, 5) is 28.6. The van der Waals surface area contributed by atoms with Crippen molar-refractivity contribution in [1.82, 2.24) is 40.5 Å². The molecule has 6 aromatic heterocycles. The SMILES string of the molecule is C1=CC2=CC3=C(c4ccc(C5=C6C=C7C=CC=C(c8cccc(n8)-c8cccc(n8)-c8cccc9cc5[nH]c89)C7N6)cc4)c4cc5cccc(c5[nH]4)-c4cccc(n4)-c4cccc(n4)C(=C1)C2N3. The molecule has 9 aromatic rings. The van der Waals surface area contributed by atoms with Gasteiger partial charge in [0, 0.05) is 67.0 Å². The van der Waals surface area contributed by atoms with Crippen molar-refractivity contribution in [1.29, 1.82) is 0 Å². The first-order valence-corrected chi connectivity index (χ1v) is 23.1. The number of hydrogen-bond acceptors (Lipinski definition) is 6. The third kappa shape index (κ3) is 5.67. The van der Waals surface area contributed by atoms with Crippen LogP contribution in [0.5, 0.6) is 0 Å². The third-order valence-electron chi connectivity index (χ3n) is 14.2. The molecule has 4 N–H and O–H groups in total. The molecule has 0 fully saturated rings. The first-order chi connectivity index (χ1) is 33.6. The first-order valence-electron chi connectivity index (χ1n) is 23.1. The molecule has 0 radical (unpaired) electrons. The summed E-state index contributed by atoms with van der Waals surface area (Å²) in [6, 6.07) is 51.3. The van der Waals surface area contributed by atoms with Gasteiger partial charge in [0.25, 0.3) is 0 Å². The second-order valence-corrected chi connectivity index (χ2v) is 18.1. The van der Waals surface area contributed by atoms with E-state index in [0.717, 1.165) is 135 Å². The third-order valence-corrected chi connectivity index (χ3v) is 14.2. The number of hydrogen-bond donors (Lipinski definition) is 4. The topological polar surface area (TPSA) is 107 Å². The van der Waals surface area contributed by atoms with Crippen LogP contribution in [0.3, 0.4) is 0 Å². The number of fused-ring (bicyclic) bond motifs is 18. The van der Waals surface area contributed by atoms with Crippen LogP contribution in [0.4, 0.5) is 0 Å². The Bertz CT molecular complexity index is 3710. The fourth-order valence-electron chi connectivity index (χ4n) is 11.0. The summed E-state index contributed by atoms with van der Waals surface area (Å²) in [6.45, 7) is 0. The molecule has 318 valence electrons. The molecule has 0 saturated carbocycles. The van der Waals surface area contributed by atoms with Gasteiger partial charge in [-0.15, -0.1) is 0 Å². The number of benzene rings is 3. The number of aromatic nitrogens is 6. The van der Waals surface area contributed by atoms with Crippen molar-refractivity contribution >= 4 is 44.1 Å². The van der Waals surface area contributed by atoms with Gasteiger partial charge in [-0.3, -0.25) is 0 Å². The van der Waals surface area contributed by atoms with Crippen LogP contribution in [0.2, 0.25) is 0 Å². The molecule has 2 aliphatic carbocycles. The Labute approximate surface area is 391 Å². The van der Waals surface area contributed by atoms with E-state index in [1.54, 1.807) is 0 Å². The van der Waals surface area contributed by atoms with E-state index in [1.807, 2.05) is 24.3 Å². The van der Waals surface area contributed by atoms with Crippen molar-refractivity contribution in [3.8, 4) is 45.3 Å². The standard InChI is InChI=1S/C60H38N8/c1-9-35-29-51-55(52-30-36-10-2-14-40(58(36)66-52)44-18-6-22-48(62-44)47-21-5-17-43(61-47)39(13-1)57(35)65-51)33-25-27-34(28-26-33)56-53-31-37-11-3-15-41(59(37)67-53)45-19-7-23-49(63-45)50-24-8-20-46(64-50)42-16-4-12-38-32-54(56)68-60(38)42/h1-32,57,59,65-68H. The number of nitrogens with zero attached hydrogens (tertiary/aromatic N) is 4. The van der Waals surface area contributed by atoms with Crippen molar-refractivity contribution in [2.75, 3.05) is 0 Å². The number of para-hydroxylation sites is 2. The molecular weight excluding hydrogens is 833 g/mol. The van der Waals surface area contributed by atoms with Crippen LogP contribution in [0.25, 0.3) is 89.4 Å². The van der Waals surface area contributed by atoms with Crippen LogP contribution in [0, 0.1) is 0 Å². The van der Waals surface area contributed by atoms with Gasteiger partial charge < -0.3 is 20.6 Å². The minimum Gasteiger partial charge on any atom is -0.373 e. The Balaban J connectivity index is 0.923. The van der Waals surface area contributed by atoms with Crippen LogP contribution >= 0.6 is 0 Å². The zero-order valence-corrected chi connectivity index (χ0v) is 36.4. The molecule has 0 saturated heterocycles. The van der Waals surface area contributed by atoms with Crippen LogP contribution in [-0.4, -0.2) is 42.0 Å². The fraction of sp³-hybridized carbons (Fsp3) is 0.0333. The quantitative estimate of drug-likeness (QED) is 0.138. The van der Waals surface area contributed by atoms with Crippen LogP contribution in [0.1, 0.15) is 33.9 Å². The van der Waals surface area contributed by atoms with E-state index in [4.69, 9.17) is 19.9 Å². The lowest BCUT2D eigenvalue weighted by molar-refractivity contribution is 0.833. The molecule has 2 unspecified atom stereocenters. The summed E-state index contributed by atoms with van der Waals surface area (Å²) in [7, 11) is 0. The Hall–Kier alpha value is -9.14. The summed E-state index contributed by atoms with van der Waals surface area (Å²) in [5.41, 5.74) is 24.2. The second kappa shape index (κ2) is 14.2. The van der Waals surface area contributed by atoms with E-state index in [0.29, 0.717) is 0 Å². The monoisotopic (exact) mass is 870 g/mol. The molecule has 8 nitrogen and oxygen atoms in total. The van der Waals surface area contributed by atoms with Gasteiger partial charge in [-0.2, -0.15) is 0 Å². The van der Waals surface area contributed by atoms with Crippen molar-refractivity contribution in [2.45, 2.75) is 12.1 Å². The fourth-order valence-corrected chi connectivity index (χ4v) is 11.0. The van der Waals surface area contributed by atoms with E-state index >= 15 is 0 Å². The van der Waals surface area contributed by atoms with Crippen molar-refractivity contribution < 1.29 is 0 Å². The maximum atomic E-state index is 5.21. The molecule has 6 aliphatic rings. The lowest BCUT2D eigenvalue weighted by Crippen LogP contribution is -2.27. The number of rotatable bonds is 2. The number of nitrogens with one attached hydrogen (secondary N) is 4. The van der Waals surface area contributed by atoms with Crippen molar-refractivity contribution in [3.63, 3.8) is 0 Å². The van der Waals surface area contributed by atoms with Crippen molar-refractivity contribution in [2.24, 2.45) is 0 Å². The number of aromatic amines is 2. The normalized spacial score (nSPS) is 18.1. The zero-order chi connectivity index (χ0) is 44.5. The molecule has 68 heavy (non-hydrogen) atoms. The highest BCUT2D eigenvalue weighted by Crippen LogP contribution is 2.42. The molecule has 15 rings (SSSR count). The van der Waals surface area contributed by atoms with Crippen LogP contribution in [-0.2, 0) is 0 Å². The van der Waals surface area contributed by atoms with Gasteiger partial charge in [0.05, 0.1) is 68.7 Å². The molecule has 0 amide bonds. The Kier molecular flexibility index (Phi) is 7.74. The highest BCUT2D eigenvalue weighted by Gasteiger charge is 2.32. The number of allylic oxidation sites excluding steroid dienone is 6. The van der Waals surface area contributed by atoms with Gasteiger partial charge >= 0.3 is 0 Å². The van der Waals surface area contributed by atoms with E-state index in [-0.39, 0.29) is 12.1 Å². The number of pyridine rings is 4. The Morgan fingerprint density at radius 2 is 0.765 bits per heavy atom. The highest BCUT2D eigenvalue weighted by atomic mass is 15.0. The summed E-state index contributed by atoms with van der Waals surface area (Å²) >= 11 is 0. The molecule has 16 bridgehead atoms. The smallest absolute Gasteiger partial charge is 0.0893 e. The van der Waals surface area contributed by atoms with E-state index in [9.17, 15) is 0 Å². The molecule has 10 heterocycles. The van der Waals surface area contributed by atoms with Crippen LogP contribution < -0.4 is 10.6 Å². The van der Waals surface area contributed by atoms with Gasteiger partial charge in [0.1, 0.15) is 0 Å². The molecule has 3 aromatic carbocycles. The van der Waals surface area contributed by atoms with Gasteiger partial charge in [-0.05, 0) is 95.1 Å². The summed E-state index contributed by atoms with van der Waals surface area (Å²) in [6.07, 6.45) is 17.7. The first kappa shape index (κ1) is 37.1. The highest BCUT2D eigenvalue weighted by molar-refractivity contribution is 6.00. The lowest BCUT2D eigenvalue weighted by atomic mass is 9.93. The maximum absolute atomic E-state index is 5.21. The molecule has 0 spiro atoms. The average molecular weight is 871 g/mol. The molecular formula is C60H38N8. The summed E-state index contributed by atoms with van der Waals surface area (Å²) in [5.74, 6) is 0. The maximum Gasteiger partial charge on any atom is 0.0893 e. The Morgan fingerprint density at radius 3 is 1.21 bits per heavy atom. The van der Waals surface area contributed by atoms with Crippen LogP contribution in [0.15, 0.2) is 217 Å². The van der Waals surface area contributed by atoms with Gasteiger partial charge in [0.15, 0.2) is 0 Å². The minimum absolute atomic E-state index is 0.0717. The molecule has 4 aliphatic heterocycles. The molecule has 2 atom stereocenters. The predicted molar refractivity (Wildman–Crippen MR) is 272 cm³/mol. The largest absolute Gasteiger partial charge is 0.373 e. The van der Waals surface area contributed by atoms with Gasteiger partial charge in [-0.25, -0.2) is 19.9 Å². The average Bonchev–Trinajstić information content (AvgIpc) is 4.21. The second-order valence-electron chi connectivity index (χ2n) is 18.1. The Morgan fingerprint density at radius 1 is 0.382 bits per heavy atom. The van der Waals surface area contributed by atoms with E-state index < -0.39 is 0 Å². The summed E-state index contributed by atoms with van der Waals surface area (Å²) < 4.78 is 0.